The van der Waals surface area contributed by atoms with Gasteiger partial charge in [-0.1, -0.05) is 24.3 Å². The van der Waals surface area contributed by atoms with Crippen LogP contribution < -0.4 is 4.74 Å². The zero-order chi connectivity index (χ0) is 18.8. The lowest BCUT2D eigenvalue weighted by Gasteiger charge is -2.37. The summed E-state index contributed by atoms with van der Waals surface area (Å²) in [6, 6.07) is 17.7. The van der Waals surface area contributed by atoms with Crippen molar-refractivity contribution in [2.45, 2.75) is 19.0 Å². The van der Waals surface area contributed by atoms with Gasteiger partial charge in [0.2, 0.25) is 5.91 Å². The van der Waals surface area contributed by atoms with Gasteiger partial charge in [-0.3, -0.25) is 4.79 Å². The van der Waals surface area contributed by atoms with Crippen molar-refractivity contribution in [3.8, 4) is 5.75 Å². The fourth-order valence-electron chi connectivity index (χ4n) is 3.70. The molecule has 0 radical (unpaired) electrons. The first-order valence-electron chi connectivity index (χ1n) is 8.98. The van der Waals surface area contributed by atoms with Crippen molar-refractivity contribution in [3.05, 3.63) is 89.5 Å². The molecule has 1 aliphatic heterocycles. The Balaban J connectivity index is 1.64. The molecule has 0 aliphatic carbocycles. The van der Waals surface area contributed by atoms with Gasteiger partial charge < -0.3 is 14.2 Å². The monoisotopic (exact) mass is 364 g/mol. The summed E-state index contributed by atoms with van der Waals surface area (Å²) in [5.41, 5.74) is 2.73. The van der Waals surface area contributed by atoms with E-state index in [2.05, 4.69) is 4.57 Å². The molecule has 2 heterocycles. The zero-order valence-electron chi connectivity index (χ0n) is 15.1. The molecule has 138 valence electrons. The minimum absolute atomic E-state index is 0.0295. The molecule has 0 saturated heterocycles. The molecular formula is C22H21FN2O2. The minimum Gasteiger partial charge on any atom is -0.497 e. The van der Waals surface area contributed by atoms with Crippen molar-refractivity contribution in [2.75, 3.05) is 13.7 Å². The summed E-state index contributed by atoms with van der Waals surface area (Å²) in [7, 11) is 1.62. The number of methoxy groups -OCH3 is 1. The van der Waals surface area contributed by atoms with Gasteiger partial charge in [-0.25, -0.2) is 4.39 Å². The van der Waals surface area contributed by atoms with E-state index in [1.54, 1.807) is 13.2 Å². The molecule has 1 aliphatic rings. The van der Waals surface area contributed by atoms with Crippen LogP contribution in [0.25, 0.3) is 0 Å². The fraction of sp³-hybridized carbons (Fsp3) is 0.227. The number of benzene rings is 2. The number of fused-ring (bicyclic) bond motifs is 1. The number of hydrogen-bond acceptors (Lipinski definition) is 2. The molecule has 2 aromatic carbocycles. The second-order valence-electron chi connectivity index (χ2n) is 6.70. The number of carbonyl (C=O) groups excluding carboxylic acids is 1. The number of carbonyl (C=O) groups is 1. The number of aromatic nitrogens is 1. The van der Waals surface area contributed by atoms with Crippen LogP contribution in [0.15, 0.2) is 66.9 Å². The highest BCUT2D eigenvalue weighted by atomic mass is 19.1. The third-order valence-electron chi connectivity index (χ3n) is 5.04. The largest absolute Gasteiger partial charge is 0.497 e. The predicted octanol–water partition coefficient (Wildman–Crippen LogP) is 3.81. The number of ether oxygens (including phenoxy) is 1. The van der Waals surface area contributed by atoms with E-state index in [4.69, 9.17) is 4.74 Å². The van der Waals surface area contributed by atoms with E-state index in [1.807, 2.05) is 53.6 Å². The van der Waals surface area contributed by atoms with Gasteiger partial charge in [-0.05, 0) is 47.5 Å². The highest BCUT2D eigenvalue weighted by Gasteiger charge is 2.32. The van der Waals surface area contributed by atoms with Gasteiger partial charge in [-0.2, -0.15) is 0 Å². The number of rotatable bonds is 4. The van der Waals surface area contributed by atoms with Crippen molar-refractivity contribution in [1.82, 2.24) is 9.47 Å². The molecule has 1 aromatic heterocycles. The van der Waals surface area contributed by atoms with Crippen LogP contribution in [0.4, 0.5) is 4.39 Å². The highest BCUT2D eigenvalue weighted by Crippen LogP contribution is 2.33. The van der Waals surface area contributed by atoms with Gasteiger partial charge in [0, 0.05) is 25.0 Å². The second kappa shape index (κ2) is 7.27. The third kappa shape index (κ3) is 3.45. The highest BCUT2D eigenvalue weighted by molar-refractivity contribution is 5.80. The van der Waals surface area contributed by atoms with Gasteiger partial charge in [-0.15, -0.1) is 0 Å². The quantitative estimate of drug-likeness (QED) is 0.706. The van der Waals surface area contributed by atoms with Gasteiger partial charge in [0.25, 0.3) is 0 Å². The van der Waals surface area contributed by atoms with Crippen LogP contribution in [-0.2, 0) is 17.8 Å². The molecule has 5 heteroatoms. The van der Waals surface area contributed by atoms with Crippen LogP contribution in [0, 0.1) is 5.82 Å². The number of nitrogens with zero attached hydrogens (tertiary/aromatic N) is 2. The standard InChI is InChI=1S/C22H21FN2O2/c1-27-19-9-7-16(8-10-19)14-21(26)25-13-12-24-11-3-6-20(24)22(25)17-4-2-5-18(23)15-17/h2-11,15,22H,12-14H2,1H3. The Morgan fingerprint density at radius 2 is 1.93 bits per heavy atom. The molecule has 0 fully saturated rings. The molecule has 3 aromatic rings. The molecule has 1 amide bonds. The molecule has 0 bridgehead atoms. The lowest BCUT2D eigenvalue weighted by Crippen LogP contribution is -2.43. The lowest BCUT2D eigenvalue weighted by atomic mass is 9.98. The number of halogens is 1. The zero-order valence-corrected chi connectivity index (χ0v) is 15.1. The second-order valence-corrected chi connectivity index (χ2v) is 6.70. The molecule has 27 heavy (non-hydrogen) atoms. The van der Waals surface area contributed by atoms with Crippen molar-refractivity contribution in [3.63, 3.8) is 0 Å². The number of hydrogen-bond donors (Lipinski definition) is 0. The van der Waals surface area contributed by atoms with Crippen molar-refractivity contribution >= 4 is 5.91 Å². The average Bonchev–Trinajstić information content (AvgIpc) is 3.16. The van der Waals surface area contributed by atoms with E-state index in [0.29, 0.717) is 13.0 Å². The van der Waals surface area contributed by atoms with Gasteiger partial charge >= 0.3 is 0 Å². The molecule has 0 N–H and O–H groups in total. The van der Waals surface area contributed by atoms with Crippen LogP contribution in [0.3, 0.4) is 0 Å². The van der Waals surface area contributed by atoms with Gasteiger partial charge in [0.05, 0.1) is 19.6 Å². The smallest absolute Gasteiger partial charge is 0.227 e. The fourth-order valence-corrected chi connectivity index (χ4v) is 3.70. The SMILES string of the molecule is COc1ccc(CC(=O)N2CCn3cccc3C2c2cccc(F)c2)cc1. The van der Waals surface area contributed by atoms with E-state index in [-0.39, 0.29) is 17.8 Å². The molecule has 0 spiro atoms. The lowest BCUT2D eigenvalue weighted by molar-refractivity contribution is -0.133. The molecular weight excluding hydrogens is 343 g/mol. The average molecular weight is 364 g/mol. The van der Waals surface area contributed by atoms with Crippen LogP contribution in [0.2, 0.25) is 0 Å². The van der Waals surface area contributed by atoms with E-state index in [1.165, 1.54) is 12.1 Å². The summed E-state index contributed by atoms with van der Waals surface area (Å²) in [6.07, 6.45) is 2.31. The summed E-state index contributed by atoms with van der Waals surface area (Å²) in [5, 5.41) is 0. The van der Waals surface area contributed by atoms with E-state index in [0.717, 1.165) is 29.1 Å². The van der Waals surface area contributed by atoms with Crippen LogP contribution >= 0.6 is 0 Å². The Morgan fingerprint density at radius 3 is 2.67 bits per heavy atom. The van der Waals surface area contributed by atoms with E-state index < -0.39 is 0 Å². The summed E-state index contributed by atoms with van der Waals surface area (Å²) in [5.74, 6) is 0.500. The van der Waals surface area contributed by atoms with Gasteiger partial charge in [0.15, 0.2) is 0 Å². The summed E-state index contributed by atoms with van der Waals surface area (Å²) < 4.78 is 21.2. The molecule has 1 unspecified atom stereocenters. The summed E-state index contributed by atoms with van der Waals surface area (Å²) >= 11 is 0. The Bertz CT molecular complexity index is 949. The summed E-state index contributed by atoms with van der Waals surface area (Å²) in [4.78, 5) is 15.0. The van der Waals surface area contributed by atoms with Crippen LogP contribution in [-0.4, -0.2) is 29.0 Å². The molecule has 4 rings (SSSR count). The van der Waals surface area contributed by atoms with E-state index in [9.17, 15) is 9.18 Å². The first-order valence-corrected chi connectivity index (χ1v) is 8.98. The Kier molecular flexibility index (Phi) is 4.67. The maximum Gasteiger partial charge on any atom is 0.227 e. The Morgan fingerprint density at radius 1 is 1.11 bits per heavy atom. The third-order valence-corrected chi connectivity index (χ3v) is 5.04. The van der Waals surface area contributed by atoms with Crippen molar-refractivity contribution in [2.24, 2.45) is 0 Å². The predicted molar refractivity (Wildman–Crippen MR) is 101 cm³/mol. The van der Waals surface area contributed by atoms with Crippen molar-refractivity contribution in [1.29, 1.82) is 0 Å². The maximum atomic E-state index is 13.8. The van der Waals surface area contributed by atoms with Crippen molar-refractivity contribution < 1.29 is 13.9 Å². The maximum absolute atomic E-state index is 13.8. The molecule has 4 nitrogen and oxygen atoms in total. The van der Waals surface area contributed by atoms with Gasteiger partial charge in [0.1, 0.15) is 11.6 Å². The Labute approximate surface area is 157 Å². The van der Waals surface area contributed by atoms with E-state index >= 15 is 0 Å². The summed E-state index contributed by atoms with van der Waals surface area (Å²) in [6.45, 7) is 1.33. The topological polar surface area (TPSA) is 34.5 Å². The van der Waals surface area contributed by atoms with Crippen LogP contribution in [0.1, 0.15) is 22.9 Å². The normalized spacial score (nSPS) is 16.1. The molecule has 0 saturated carbocycles. The molecule has 1 atom stereocenters. The first-order chi connectivity index (χ1) is 13.2. The Hall–Kier alpha value is -3.08. The minimum atomic E-state index is -0.293. The number of amides is 1. The van der Waals surface area contributed by atoms with Crippen LogP contribution in [0.5, 0.6) is 5.75 Å². The first kappa shape index (κ1) is 17.3.